The number of ether oxygens (including phenoxy) is 1. The first-order chi connectivity index (χ1) is 6.72. The molecule has 2 bridgehead atoms. The van der Waals surface area contributed by atoms with Gasteiger partial charge in [-0.3, -0.25) is 0 Å². The van der Waals surface area contributed by atoms with Crippen LogP contribution in [-0.2, 0) is 9.53 Å². The molecule has 3 heteroatoms. The number of carbonyl (C=O) groups is 1. The molecule has 0 aliphatic heterocycles. The lowest BCUT2D eigenvalue weighted by Crippen LogP contribution is -2.05. The van der Waals surface area contributed by atoms with E-state index in [1.807, 2.05) is 0 Å². The molecule has 1 saturated carbocycles. The van der Waals surface area contributed by atoms with Gasteiger partial charge in [-0.2, -0.15) is 0 Å². The molecular formula is C11H18O3. The summed E-state index contributed by atoms with van der Waals surface area (Å²) in [7, 11) is 0. The molecule has 2 atom stereocenters. The summed E-state index contributed by atoms with van der Waals surface area (Å²) in [5, 5.41) is 7.92. The monoisotopic (exact) mass is 198 g/mol. The van der Waals surface area contributed by atoms with Gasteiger partial charge in [-0.25, -0.2) is 4.79 Å². The molecule has 0 aromatic carbocycles. The van der Waals surface area contributed by atoms with Crippen LogP contribution in [0.5, 0.6) is 0 Å². The second-order valence-corrected chi connectivity index (χ2v) is 3.75. The van der Waals surface area contributed by atoms with Crippen LogP contribution < -0.4 is 0 Å². The summed E-state index contributed by atoms with van der Waals surface area (Å²) < 4.78 is 4.50. The van der Waals surface area contributed by atoms with Gasteiger partial charge in [0.15, 0.2) is 0 Å². The minimum Gasteiger partial charge on any atom is -0.480 e. The van der Waals surface area contributed by atoms with E-state index in [2.05, 4.69) is 16.9 Å². The molecule has 0 heterocycles. The number of rotatable bonds is 3. The Bertz CT molecular complexity index is 199. The first-order valence-electron chi connectivity index (χ1n) is 5.20. The van der Waals surface area contributed by atoms with E-state index in [1.54, 1.807) is 6.92 Å². The Labute approximate surface area is 84.8 Å². The van der Waals surface area contributed by atoms with Gasteiger partial charge in [0.25, 0.3) is 0 Å². The second kappa shape index (κ2) is 5.81. The first-order valence-corrected chi connectivity index (χ1v) is 5.20. The normalized spacial score (nSPS) is 27.2. The van der Waals surface area contributed by atoms with Crippen molar-refractivity contribution in [2.45, 2.75) is 26.2 Å². The highest BCUT2D eigenvalue weighted by Crippen LogP contribution is 2.38. The zero-order chi connectivity index (χ0) is 10.4. The van der Waals surface area contributed by atoms with Crippen LogP contribution in [0.3, 0.4) is 0 Å². The van der Waals surface area contributed by atoms with Crippen molar-refractivity contribution < 1.29 is 14.6 Å². The maximum atomic E-state index is 9.63. The van der Waals surface area contributed by atoms with Crippen LogP contribution in [0, 0.1) is 11.8 Å². The first kappa shape index (κ1) is 11.2. The Morgan fingerprint density at radius 2 is 2.00 bits per heavy atom. The molecule has 0 aromatic rings. The fourth-order valence-corrected chi connectivity index (χ4v) is 1.91. The maximum absolute atomic E-state index is 9.63. The van der Waals surface area contributed by atoms with Gasteiger partial charge >= 0.3 is 5.97 Å². The zero-order valence-electron chi connectivity index (χ0n) is 8.61. The molecule has 0 spiro atoms. The molecule has 3 nitrogen and oxygen atoms in total. The third-order valence-corrected chi connectivity index (χ3v) is 2.60. The summed E-state index contributed by atoms with van der Waals surface area (Å²) in [4.78, 5) is 9.63. The number of hydrogen-bond acceptors (Lipinski definition) is 2. The molecule has 0 amide bonds. The highest BCUT2D eigenvalue weighted by molar-refractivity contribution is 5.67. The van der Waals surface area contributed by atoms with Gasteiger partial charge in [-0.15, -0.1) is 0 Å². The van der Waals surface area contributed by atoms with Crippen LogP contribution in [0.15, 0.2) is 12.2 Å². The second-order valence-electron chi connectivity index (χ2n) is 3.75. The molecule has 0 saturated heterocycles. The topological polar surface area (TPSA) is 46.5 Å². The van der Waals surface area contributed by atoms with Crippen molar-refractivity contribution >= 4 is 5.97 Å². The third kappa shape index (κ3) is 3.92. The zero-order valence-corrected chi connectivity index (χ0v) is 8.61. The Hall–Kier alpha value is -0.830. The van der Waals surface area contributed by atoms with E-state index in [1.165, 1.54) is 19.3 Å². The largest absolute Gasteiger partial charge is 0.480 e. The molecule has 2 aliphatic carbocycles. The minimum absolute atomic E-state index is 0.184. The lowest BCUT2D eigenvalue weighted by molar-refractivity contribution is -0.142. The molecule has 2 aliphatic rings. The van der Waals surface area contributed by atoms with Crippen molar-refractivity contribution in [1.29, 1.82) is 0 Å². The molecule has 0 radical (unpaired) electrons. The predicted octanol–water partition coefficient (Wildman–Crippen LogP) is 2.08. The average Bonchev–Trinajstić information content (AvgIpc) is 2.79. The van der Waals surface area contributed by atoms with E-state index in [0.29, 0.717) is 6.61 Å². The number of hydrogen-bond donors (Lipinski definition) is 1. The molecule has 2 rings (SSSR count). The SMILES string of the molecule is C1=CC2CCC1C2.CCOCC(=O)O. The molecule has 2 unspecified atom stereocenters. The van der Waals surface area contributed by atoms with Gasteiger partial charge in [0, 0.05) is 6.61 Å². The summed E-state index contributed by atoms with van der Waals surface area (Å²) in [5.41, 5.74) is 0. The maximum Gasteiger partial charge on any atom is 0.329 e. The van der Waals surface area contributed by atoms with Gasteiger partial charge in [0.05, 0.1) is 0 Å². The highest BCUT2D eigenvalue weighted by atomic mass is 16.5. The molecule has 14 heavy (non-hydrogen) atoms. The van der Waals surface area contributed by atoms with Gasteiger partial charge in [0.2, 0.25) is 0 Å². The highest BCUT2D eigenvalue weighted by Gasteiger charge is 2.25. The van der Waals surface area contributed by atoms with Crippen molar-refractivity contribution in [2.75, 3.05) is 13.2 Å². The summed E-state index contributed by atoms with van der Waals surface area (Å²) in [6.07, 6.45) is 9.19. The standard InChI is InChI=1S/C7H10.C4H8O3/c1-2-7-4-3-6(1)5-7;1-2-7-3-4(5)6/h1-2,6-7H,3-5H2;2-3H2,1H3,(H,5,6). The summed E-state index contributed by atoms with van der Waals surface area (Å²) in [6, 6.07) is 0. The van der Waals surface area contributed by atoms with Crippen LogP contribution in [-0.4, -0.2) is 24.3 Å². The van der Waals surface area contributed by atoms with E-state index in [0.717, 1.165) is 11.8 Å². The smallest absolute Gasteiger partial charge is 0.329 e. The van der Waals surface area contributed by atoms with E-state index >= 15 is 0 Å². The number of carboxylic acid groups (broad SMARTS) is 1. The van der Waals surface area contributed by atoms with Gasteiger partial charge < -0.3 is 9.84 Å². The Morgan fingerprint density at radius 3 is 2.14 bits per heavy atom. The van der Waals surface area contributed by atoms with Crippen LogP contribution in [0.25, 0.3) is 0 Å². The lowest BCUT2D eigenvalue weighted by Gasteiger charge is -1.96. The molecule has 1 N–H and O–H groups in total. The molecule has 0 aromatic heterocycles. The minimum atomic E-state index is -0.915. The fourth-order valence-electron chi connectivity index (χ4n) is 1.91. The van der Waals surface area contributed by atoms with Crippen molar-refractivity contribution in [3.63, 3.8) is 0 Å². The van der Waals surface area contributed by atoms with Crippen LogP contribution in [0.2, 0.25) is 0 Å². The van der Waals surface area contributed by atoms with Crippen molar-refractivity contribution in [3.8, 4) is 0 Å². The molecule has 80 valence electrons. The summed E-state index contributed by atoms with van der Waals surface area (Å²) in [6.45, 7) is 2.03. The third-order valence-electron chi connectivity index (χ3n) is 2.60. The van der Waals surface area contributed by atoms with Crippen LogP contribution in [0.4, 0.5) is 0 Å². The van der Waals surface area contributed by atoms with E-state index < -0.39 is 5.97 Å². The number of allylic oxidation sites excluding steroid dienone is 2. The van der Waals surface area contributed by atoms with E-state index in [4.69, 9.17) is 5.11 Å². The van der Waals surface area contributed by atoms with Crippen LogP contribution in [0.1, 0.15) is 26.2 Å². The van der Waals surface area contributed by atoms with E-state index in [-0.39, 0.29) is 6.61 Å². The van der Waals surface area contributed by atoms with E-state index in [9.17, 15) is 4.79 Å². The lowest BCUT2D eigenvalue weighted by atomic mass is 10.1. The number of fused-ring (bicyclic) bond motifs is 2. The Kier molecular flexibility index (Phi) is 4.66. The summed E-state index contributed by atoms with van der Waals surface area (Å²) in [5.74, 6) is 1.07. The van der Waals surface area contributed by atoms with Crippen molar-refractivity contribution in [1.82, 2.24) is 0 Å². The van der Waals surface area contributed by atoms with Gasteiger partial charge in [0.1, 0.15) is 6.61 Å². The summed E-state index contributed by atoms with van der Waals surface area (Å²) >= 11 is 0. The van der Waals surface area contributed by atoms with Crippen LogP contribution >= 0.6 is 0 Å². The predicted molar refractivity (Wildman–Crippen MR) is 54.1 cm³/mol. The Morgan fingerprint density at radius 1 is 1.43 bits per heavy atom. The number of aliphatic carboxylic acids is 1. The van der Waals surface area contributed by atoms with Gasteiger partial charge in [-0.05, 0) is 38.0 Å². The van der Waals surface area contributed by atoms with Gasteiger partial charge in [-0.1, -0.05) is 12.2 Å². The molecule has 1 fully saturated rings. The molecular weight excluding hydrogens is 180 g/mol. The average molecular weight is 198 g/mol. The fraction of sp³-hybridized carbons (Fsp3) is 0.727. The Balaban J connectivity index is 0.000000140. The quantitative estimate of drug-likeness (QED) is 0.706. The van der Waals surface area contributed by atoms with Crippen molar-refractivity contribution in [2.24, 2.45) is 11.8 Å². The number of carboxylic acids is 1. The van der Waals surface area contributed by atoms with Crippen molar-refractivity contribution in [3.05, 3.63) is 12.2 Å².